The zero-order chi connectivity index (χ0) is 41.4. The van der Waals surface area contributed by atoms with Gasteiger partial charge in [-0.3, -0.25) is 9.59 Å². The highest BCUT2D eigenvalue weighted by atomic mass is 16.6. The van der Waals surface area contributed by atoms with Crippen molar-refractivity contribution in [3.8, 4) is 0 Å². The summed E-state index contributed by atoms with van der Waals surface area (Å²) in [5.74, 6) is -1.63. The van der Waals surface area contributed by atoms with E-state index in [2.05, 4.69) is 80.7 Å². The summed E-state index contributed by atoms with van der Waals surface area (Å²) in [5.41, 5.74) is 0. The molecular weight excluding hydrogens is 703 g/mol. The molecule has 0 aliphatic carbocycles. The van der Waals surface area contributed by atoms with Gasteiger partial charge in [0.25, 0.3) is 0 Å². The fourth-order valence-electron chi connectivity index (χ4n) is 5.09. The average molecular weight is 777 g/mol. The Morgan fingerprint density at radius 2 is 1.05 bits per heavy atom. The van der Waals surface area contributed by atoms with Crippen molar-refractivity contribution in [2.75, 3.05) is 41.0 Å². The highest BCUT2D eigenvalue weighted by Crippen LogP contribution is 2.11. The topological polar surface area (TPSA) is 99.1 Å². The maximum atomic E-state index is 12.7. The number of nitrogens with zero attached hydrogens (tertiary/aromatic N) is 1. The molecule has 0 amide bonds. The summed E-state index contributed by atoms with van der Waals surface area (Å²) >= 11 is 0. The molecule has 0 fully saturated rings. The Morgan fingerprint density at radius 3 is 1.61 bits per heavy atom. The van der Waals surface area contributed by atoms with Crippen molar-refractivity contribution in [3.05, 3.63) is 122 Å². The zero-order valence-corrected chi connectivity index (χ0v) is 35.3. The number of esters is 2. The Morgan fingerprint density at radius 1 is 0.554 bits per heavy atom. The number of carboxylic acid groups (broad SMARTS) is 1. The summed E-state index contributed by atoms with van der Waals surface area (Å²) in [5, 5.41) is 9.60. The van der Waals surface area contributed by atoms with E-state index in [0.717, 1.165) is 64.2 Å². The molecule has 0 aliphatic heterocycles. The number of unbranched alkanes of at least 4 members (excludes halogenated alkanes) is 4. The minimum absolute atomic E-state index is 0.0152. The van der Waals surface area contributed by atoms with Crippen molar-refractivity contribution in [1.29, 1.82) is 0 Å². The van der Waals surface area contributed by atoms with E-state index in [1.165, 1.54) is 0 Å². The van der Waals surface area contributed by atoms with Crippen LogP contribution in [0.5, 0.6) is 0 Å². The SMILES string of the molecule is CC/C=C/C=C/C=C/C=C/C=C/CCCC(=O)OCC(COCCC(C(=O)O)[N+](C)(C)C)OC(=O)CCCCC/C=C/C/C=C/C/C=C/C/C=C/C/C=C/CC. The first-order valence-corrected chi connectivity index (χ1v) is 20.6. The van der Waals surface area contributed by atoms with E-state index in [-0.39, 0.29) is 49.1 Å². The number of hydrogen-bond donors (Lipinski definition) is 1. The lowest BCUT2D eigenvalue weighted by Gasteiger charge is -2.31. The molecular formula is C48H74NO7+. The summed E-state index contributed by atoms with van der Waals surface area (Å²) in [6.07, 6.45) is 52.6. The van der Waals surface area contributed by atoms with Gasteiger partial charge in [0.2, 0.25) is 0 Å². The molecule has 0 aromatic carbocycles. The fourth-order valence-corrected chi connectivity index (χ4v) is 5.09. The lowest BCUT2D eigenvalue weighted by atomic mass is 10.1. The third kappa shape index (κ3) is 35.4. The quantitative estimate of drug-likeness (QED) is 0.0228. The maximum Gasteiger partial charge on any atom is 0.362 e. The Labute approximate surface area is 340 Å². The molecule has 0 aromatic heterocycles. The first-order valence-electron chi connectivity index (χ1n) is 20.6. The van der Waals surface area contributed by atoms with Gasteiger partial charge in [-0.25, -0.2) is 4.79 Å². The van der Waals surface area contributed by atoms with Crippen LogP contribution >= 0.6 is 0 Å². The normalized spacial score (nSPS) is 14.2. The van der Waals surface area contributed by atoms with Gasteiger partial charge in [0.1, 0.15) is 6.61 Å². The molecule has 8 nitrogen and oxygen atoms in total. The molecule has 0 radical (unpaired) electrons. The van der Waals surface area contributed by atoms with Crippen LogP contribution in [0.25, 0.3) is 0 Å². The number of rotatable bonds is 34. The van der Waals surface area contributed by atoms with Crippen LogP contribution in [-0.4, -0.2) is 80.6 Å². The Bertz CT molecular complexity index is 1320. The molecule has 0 saturated heterocycles. The van der Waals surface area contributed by atoms with Crippen molar-refractivity contribution in [2.24, 2.45) is 0 Å². The Kier molecular flexibility index (Phi) is 34.8. The molecule has 8 heteroatoms. The van der Waals surface area contributed by atoms with Crippen LogP contribution in [0.3, 0.4) is 0 Å². The molecule has 0 spiro atoms. The highest BCUT2D eigenvalue weighted by Gasteiger charge is 2.31. The molecule has 0 heterocycles. The third-order valence-corrected chi connectivity index (χ3v) is 8.23. The predicted molar refractivity (Wildman–Crippen MR) is 233 cm³/mol. The second kappa shape index (κ2) is 37.6. The lowest BCUT2D eigenvalue weighted by molar-refractivity contribution is -0.887. The van der Waals surface area contributed by atoms with Gasteiger partial charge in [0.15, 0.2) is 12.1 Å². The van der Waals surface area contributed by atoms with Gasteiger partial charge in [-0.15, -0.1) is 0 Å². The number of hydrogen-bond acceptors (Lipinski definition) is 6. The first-order chi connectivity index (χ1) is 27.1. The third-order valence-electron chi connectivity index (χ3n) is 8.23. The van der Waals surface area contributed by atoms with Crippen LogP contribution < -0.4 is 0 Å². The van der Waals surface area contributed by atoms with E-state index in [9.17, 15) is 19.5 Å². The van der Waals surface area contributed by atoms with Crippen molar-refractivity contribution in [2.45, 2.75) is 122 Å². The summed E-state index contributed by atoms with van der Waals surface area (Å²) in [7, 11) is 5.47. The number of carbonyl (C=O) groups is 3. The maximum absolute atomic E-state index is 12.7. The van der Waals surface area contributed by atoms with Crippen molar-refractivity contribution in [3.63, 3.8) is 0 Å². The number of ether oxygens (including phenoxy) is 3. The van der Waals surface area contributed by atoms with Crippen LogP contribution in [0, 0.1) is 0 Å². The largest absolute Gasteiger partial charge is 0.477 e. The van der Waals surface area contributed by atoms with E-state index in [1.807, 2.05) is 75.8 Å². The number of quaternary nitrogens is 1. The van der Waals surface area contributed by atoms with Gasteiger partial charge < -0.3 is 23.8 Å². The van der Waals surface area contributed by atoms with E-state index < -0.39 is 18.1 Å². The molecule has 312 valence electrons. The number of allylic oxidation sites excluding steroid dienone is 20. The molecule has 2 unspecified atom stereocenters. The number of carbonyl (C=O) groups excluding carboxylic acids is 2. The molecule has 0 bridgehead atoms. The summed E-state index contributed by atoms with van der Waals surface area (Å²) in [4.78, 5) is 36.9. The van der Waals surface area contributed by atoms with Crippen molar-refractivity contribution < 1.29 is 38.2 Å². The van der Waals surface area contributed by atoms with Crippen molar-refractivity contribution >= 4 is 17.9 Å². The number of likely N-dealkylation sites (N-methyl/N-ethyl adjacent to an activating group) is 1. The number of aliphatic carboxylic acids is 1. The zero-order valence-electron chi connectivity index (χ0n) is 35.3. The smallest absolute Gasteiger partial charge is 0.362 e. The first kappa shape index (κ1) is 51.7. The molecule has 0 aliphatic rings. The van der Waals surface area contributed by atoms with E-state index in [4.69, 9.17) is 14.2 Å². The van der Waals surface area contributed by atoms with Gasteiger partial charge in [0.05, 0.1) is 34.4 Å². The highest BCUT2D eigenvalue weighted by molar-refractivity contribution is 5.72. The lowest BCUT2D eigenvalue weighted by Crippen LogP contribution is -2.50. The monoisotopic (exact) mass is 777 g/mol. The molecule has 0 rings (SSSR count). The van der Waals surface area contributed by atoms with E-state index >= 15 is 0 Å². The van der Waals surface area contributed by atoms with E-state index in [1.54, 1.807) is 0 Å². The summed E-state index contributed by atoms with van der Waals surface area (Å²) in [6, 6.07) is -0.639. The van der Waals surface area contributed by atoms with Crippen LogP contribution in [0.15, 0.2) is 122 Å². The number of carboxylic acids is 1. The minimum atomic E-state index is -0.898. The van der Waals surface area contributed by atoms with Gasteiger partial charge in [-0.1, -0.05) is 142 Å². The standard InChI is InChI=1S/C48H73NO7/c1-6-8-10-12-14-16-18-20-21-22-23-24-25-27-29-31-33-35-37-39-47(51)56-44(42-54-41-40-45(48(52)53)49(3,4)5)43-55-46(50)38-36-34-32-30-28-26-19-17-15-13-11-9-7-2/h8-11,13-17,19-21,23-24,26-30,32,44-45H,6-7,12,18,22,25,31,33-43H2,1-5H3/p+1/b10-8+,11-9+,15-13+,16-14+,19-17+,21-20+,24-23+,28-26+,29-27+,32-30+. The Balaban J connectivity index is 4.58. The molecule has 1 N–H and O–H groups in total. The summed E-state index contributed by atoms with van der Waals surface area (Å²) < 4.78 is 17.1. The van der Waals surface area contributed by atoms with E-state index in [0.29, 0.717) is 19.3 Å². The van der Waals surface area contributed by atoms with Crippen molar-refractivity contribution in [1.82, 2.24) is 0 Å². The summed E-state index contributed by atoms with van der Waals surface area (Å²) in [6.45, 7) is 4.32. The molecule has 56 heavy (non-hydrogen) atoms. The van der Waals surface area contributed by atoms with Crippen LogP contribution in [0.4, 0.5) is 0 Å². The van der Waals surface area contributed by atoms with Crippen LogP contribution in [0.2, 0.25) is 0 Å². The van der Waals surface area contributed by atoms with Gasteiger partial charge >= 0.3 is 17.9 Å². The average Bonchev–Trinajstić information content (AvgIpc) is 3.15. The molecule has 2 atom stereocenters. The van der Waals surface area contributed by atoms with Crippen LogP contribution in [0.1, 0.15) is 110 Å². The molecule has 0 saturated carbocycles. The van der Waals surface area contributed by atoms with Gasteiger partial charge in [0, 0.05) is 19.3 Å². The van der Waals surface area contributed by atoms with Crippen LogP contribution in [-0.2, 0) is 28.6 Å². The second-order valence-electron chi connectivity index (χ2n) is 14.2. The predicted octanol–water partition coefficient (Wildman–Crippen LogP) is 11.1. The second-order valence-corrected chi connectivity index (χ2v) is 14.2. The van der Waals surface area contributed by atoms with Gasteiger partial charge in [-0.2, -0.15) is 0 Å². The van der Waals surface area contributed by atoms with Gasteiger partial charge in [-0.05, 0) is 70.6 Å². The minimum Gasteiger partial charge on any atom is -0.477 e. The molecule has 0 aromatic rings. The Hall–Kier alpha value is -4.27. The fraction of sp³-hybridized carbons (Fsp3) is 0.521.